The Balaban J connectivity index is 1.58. The second-order valence-electron chi connectivity index (χ2n) is 7.10. The lowest BCUT2D eigenvalue weighted by Gasteiger charge is -2.18. The predicted octanol–water partition coefficient (Wildman–Crippen LogP) is 1.16. The number of nitrogens with one attached hydrogen (secondary N) is 6. The maximum absolute atomic E-state index is 14.1. The van der Waals surface area contributed by atoms with Crippen molar-refractivity contribution in [1.82, 2.24) is 30.6 Å². The third-order valence-corrected chi connectivity index (χ3v) is 4.56. The van der Waals surface area contributed by atoms with Gasteiger partial charge in [-0.1, -0.05) is 0 Å². The maximum atomic E-state index is 14.1. The largest absolute Gasteiger partial charge is 0.352 e. The summed E-state index contributed by atoms with van der Waals surface area (Å²) in [7, 11) is 0. The molecule has 2 heterocycles. The second-order valence-corrected chi connectivity index (χ2v) is 7.10. The van der Waals surface area contributed by atoms with Crippen LogP contribution in [0.1, 0.15) is 23.6 Å². The predicted molar refractivity (Wildman–Crippen MR) is 121 cm³/mol. The lowest BCUT2D eigenvalue weighted by molar-refractivity contribution is 0.237. The van der Waals surface area contributed by atoms with Gasteiger partial charge in [0.15, 0.2) is 5.82 Å². The summed E-state index contributed by atoms with van der Waals surface area (Å²) in [6.07, 6.45) is 2.00. The van der Waals surface area contributed by atoms with Gasteiger partial charge in [0.05, 0.1) is 29.6 Å². The number of urea groups is 1. The fourth-order valence-corrected chi connectivity index (χ4v) is 3.07. The summed E-state index contributed by atoms with van der Waals surface area (Å²) in [6, 6.07) is 5.14. The third-order valence-electron chi connectivity index (χ3n) is 4.56. The average molecular weight is 483 g/mol. The molecule has 3 rings (SSSR count). The summed E-state index contributed by atoms with van der Waals surface area (Å²) < 4.78 is 27.8. The Hall–Kier alpha value is -4.93. The molecule has 1 atom stereocenters. The molecule has 0 aliphatic rings. The molecule has 180 valence electrons. The Morgan fingerprint density at radius 1 is 1.20 bits per heavy atom. The first-order chi connectivity index (χ1) is 16.8. The SMILES string of the molecule is N#Cc1cc(F)cc([C@H](CC=N)NC(=O)NCCNc2ncc(F)c(-c3cc(=O)[nH]c(=O)[nH]3)n2)c1. The van der Waals surface area contributed by atoms with Crippen molar-refractivity contribution >= 4 is 18.2 Å². The van der Waals surface area contributed by atoms with Crippen LogP contribution in [-0.4, -0.2) is 45.3 Å². The molecule has 0 saturated heterocycles. The number of carbonyl (C=O) groups excluding carboxylic acids is 1. The van der Waals surface area contributed by atoms with E-state index in [0.717, 1.165) is 24.5 Å². The lowest BCUT2D eigenvalue weighted by Crippen LogP contribution is -2.40. The zero-order valence-electron chi connectivity index (χ0n) is 18.0. The molecular weight excluding hydrogens is 464 g/mol. The Labute approximate surface area is 196 Å². The number of anilines is 1. The quantitative estimate of drug-likeness (QED) is 0.194. The van der Waals surface area contributed by atoms with Crippen molar-refractivity contribution in [3.63, 3.8) is 0 Å². The topological polar surface area (TPSA) is 192 Å². The molecule has 3 aromatic rings. The number of nitriles is 1. The van der Waals surface area contributed by atoms with Gasteiger partial charge in [0.25, 0.3) is 5.56 Å². The first-order valence-corrected chi connectivity index (χ1v) is 10.1. The molecule has 0 saturated carbocycles. The van der Waals surface area contributed by atoms with Gasteiger partial charge >= 0.3 is 11.7 Å². The van der Waals surface area contributed by atoms with E-state index < -0.39 is 35.0 Å². The minimum Gasteiger partial charge on any atom is -0.352 e. The Morgan fingerprint density at radius 2 is 2.00 bits per heavy atom. The zero-order chi connectivity index (χ0) is 25.4. The monoisotopic (exact) mass is 483 g/mol. The highest BCUT2D eigenvalue weighted by atomic mass is 19.1. The number of benzene rings is 1. The molecule has 2 aromatic heterocycles. The molecular formula is C21H19F2N9O3. The van der Waals surface area contributed by atoms with Crippen LogP contribution in [0, 0.1) is 28.4 Å². The summed E-state index contributed by atoms with van der Waals surface area (Å²) in [5.41, 5.74) is -1.55. The van der Waals surface area contributed by atoms with Gasteiger partial charge in [-0.2, -0.15) is 5.26 Å². The minimum atomic E-state index is -0.858. The van der Waals surface area contributed by atoms with Crippen LogP contribution >= 0.6 is 0 Å². The summed E-state index contributed by atoms with van der Waals surface area (Å²) in [6.45, 7) is 0.200. The Kier molecular flexibility index (Phi) is 7.96. The number of hydrogen-bond acceptors (Lipinski definition) is 8. The number of rotatable bonds is 9. The van der Waals surface area contributed by atoms with E-state index in [1.807, 2.05) is 11.1 Å². The van der Waals surface area contributed by atoms with Gasteiger partial charge < -0.3 is 26.3 Å². The number of carbonyl (C=O) groups is 1. The van der Waals surface area contributed by atoms with Gasteiger partial charge in [0, 0.05) is 25.6 Å². The molecule has 0 unspecified atom stereocenters. The van der Waals surface area contributed by atoms with E-state index in [2.05, 4.69) is 30.9 Å². The van der Waals surface area contributed by atoms with Gasteiger partial charge in [-0.05, 0) is 30.0 Å². The Morgan fingerprint density at radius 3 is 2.71 bits per heavy atom. The third kappa shape index (κ3) is 6.78. The minimum absolute atomic E-state index is 0.0183. The summed E-state index contributed by atoms with van der Waals surface area (Å²) in [5.74, 6) is -1.51. The van der Waals surface area contributed by atoms with Crippen molar-refractivity contribution in [2.75, 3.05) is 18.4 Å². The average Bonchev–Trinajstić information content (AvgIpc) is 2.81. The number of nitrogens with zero attached hydrogens (tertiary/aromatic N) is 3. The smallest absolute Gasteiger partial charge is 0.326 e. The van der Waals surface area contributed by atoms with Gasteiger partial charge in [0.2, 0.25) is 5.95 Å². The van der Waals surface area contributed by atoms with E-state index in [1.165, 1.54) is 12.1 Å². The summed E-state index contributed by atoms with van der Waals surface area (Å²) >= 11 is 0. The number of aromatic amines is 2. The van der Waals surface area contributed by atoms with Crippen LogP contribution in [0.25, 0.3) is 11.4 Å². The van der Waals surface area contributed by atoms with Gasteiger partial charge in [0.1, 0.15) is 11.5 Å². The molecule has 0 aliphatic carbocycles. The van der Waals surface area contributed by atoms with Crippen LogP contribution in [0.2, 0.25) is 0 Å². The van der Waals surface area contributed by atoms with E-state index in [-0.39, 0.29) is 42.4 Å². The highest BCUT2D eigenvalue weighted by Crippen LogP contribution is 2.19. The first kappa shape index (κ1) is 24.7. The number of halogens is 2. The van der Waals surface area contributed by atoms with Crippen molar-refractivity contribution in [2.45, 2.75) is 12.5 Å². The summed E-state index contributed by atoms with van der Waals surface area (Å²) in [5, 5.41) is 24.3. The van der Waals surface area contributed by atoms with E-state index >= 15 is 0 Å². The normalized spacial score (nSPS) is 11.2. The maximum Gasteiger partial charge on any atom is 0.326 e. The van der Waals surface area contributed by atoms with Crippen LogP contribution in [0.4, 0.5) is 19.5 Å². The molecule has 0 bridgehead atoms. The second kappa shape index (κ2) is 11.3. The molecule has 35 heavy (non-hydrogen) atoms. The molecule has 1 aromatic carbocycles. The zero-order valence-corrected chi connectivity index (χ0v) is 18.0. The summed E-state index contributed by atoms with van der Waals surface area (Å²) in [4.78, 5) is 47.1. The Bertz CT molecular complexity index is 1370. The van der Waals surface area contributed by atoms with Crippen molar-refractivity contribution in [3.8, 4) is 17.5 Å². The molecule has 0 fully saturated rings. The molecule has 14 heteroatoms. The lowest BCUT2D eigenvalue weighted by atomic mass is 10.0. The highest BCUT2D eigenvalue weighted by molar-refractivity contribution is 5.75. The van der Waals surface area contributed by atoms with Gasteiger partial charge in [-0.3, -0.25) is 9.78 Å². The number of H-pyrrole nitrogens is 2. The number of amides is 2. The van der Waals surface area contributed by atoms with Crippen molar-refractivity contribution in [3.05, 3.63) is 74.1 Å². The molecule has 6 N–H and O–H groups in total. The van der Waals surface area contributed by atoms with Crippen molar-refractivity contribution in [1.29, 1.82) is 10.7 Å². The van der Waals surface area contributed by atoms with Crippen LogP contribution in [0.15, 0.2) is 40.1 Å². The van der Waals surface area contributed by atoms with E-state index in [9.17, 15) is 23.2 Å². The van der Waals surface area contributed by atoms with Gasteiger partial charge in [-0.25, -0.2) is 28.3 Å². The van der Waals surface area contributed by atoms with Crippen LogP contribution < -0.4 is 27.2 Å². The van der Waals surface area contributed by atoms with Crippen LogP contribution in [0.5, 0.6) is 0 Å². The van der Waals surface area contributed by atoms with E-state index in [4.69, 9.17) is 10.7 Å². The molecule has 0 spiro atoms. The molecule has 0 radical (unpaired) electrons. The molecule has 12 nitrogen and oxygen atoms in total. The molecule has 0 aliphatic heterocycles. The van der Waals surface area contributed by atoms with Gasteiger partial charge in [-0.15, -0.1) is 0 Å². The first-order valence-electron chi connectivity index (χ1n) is 10.1. The van der Waals surface area contributed by atoms with Crippen molar-refractivity contribution < 1.29 is 13.6 Å². The van der Waals surface area contributed by atoms with Crippen LogP contribution in [0.3, 0.4) is 0 Å². The number of hydrogen-bond donors (Lipinski definition) is 6. The van der Waals surface area contributed by atoms with Crippen LogP contribution in [-0.2, 0) is 0 Å². The van der Waals surface area contributed by atoms with E-state index in [0.29, 0.717) is 5.56 Å². The fraction of sp³-hybridized carbons (Fsp3) is 0.190. The highest BCUT2D eigenvalue weighted by Gasteiger charge is 2.16. The standard InChI is InChI=1S/C21H19F2N9O3/c22-13-6-11(9-25)5-12(7-13)15(1-2-24)29-20(34)27-4-3-26-19-28-10-14(23)18(32-19)16-8-17(33)31-21(35)30-16/h2,5-8,10,15,24H,1,3-4H2,(H,26,28,32)(H2,27,29,34)(H2,30,31,33,35)/t15-/m0/s1. The molecule has 2 amide bonds. The fourth-order valence-electron chi connectivity index (χ4n) is 3.07. The van der Waals surface area contributed by atoms with Crippen molar-refractivity contribution in [2.24, 2.45) is 0 Å². The van der Waals surface area contributed by atoms with E-state index in [1.54, 1.807) is 0 Å². The number of aromatic nitrogens is 4.